The molecular formula is C13H11ClN2O2. The maximum atomic E-state index is 11.2. The number of benzene rings is 1. The van der Waals surface area contributed by atoms with Crippen LogP contribution in [0.15, 0.2) is 30.5 Å². The molecule has 0 amide bonds. The first-order valence-electron chi connectivity index (χ1n) is 5.74. The van der Waals surface area contributed by atoms with Gasteiger partial charge >= 0.3 is 5.97 Å². The minimum absolute atomic E-state index is 0.275. The molecule has 0 atom stereocenters. The number of aromatic nitrogens is 2. The Labute approximate surface area is 109 Å². The van der Waals surface area contributed by atoms with E-state index >= 15 is 0 Å². The van der Waals surface area contributed by atoms with E-state index in [2.05, 4.69) is 5.10 Å². The van der Waals surface area contributed by atoms with E-state index < -0.39 is 5.97 Å². The Balaban J connectivity index is 2.11. The summed E-state index contributed by atoms with van der Waals surface area (Å²) < 4.78 is 1.56. The van der Waals surface area contributed by atoms with E-state index in [1.165, 1.54) is 6.20 Å². The van der Waals surface area contributed by atoms with Crippen molar-refractivity contribution in [1.29, 1.82) is 0 Å². The largest absolute Gasteiger partial charge is 0.478 e. The van der Waals surface area contributed by atoms with E-state index in [4.69, 9.17) is 11.6 Å². The Hall–Kier alpha value is -1.81. The lowest BCUT2D eigenvalue weighted by Gasteiger charge is -2.02. The van der Waals surface area contributed by atoms with Crippen molar-refractivity contribution < 1.29 is 9.90 Å². The highest BCUT2D eigenvalue weighted by atomic mass is 35.5. The number of hydrogen-bond donors (Lipinski definition) is 1. The summed E-state index contributed by atoms with van der Waals surface area (Å²) in [7, 11) is 0. The third-order valence-electron chi connectivity index (χ3n) is 3.04. The molecule has 0 spiro atoms. The SMILES string of the molecule is O=C(O)c1cn(-c2ccccc2Cl)nc1C1CC1. The Kier molecular flexibility index (Phi) is 2.59. The summed E-state index contributed by atoms with van der Waals surface area (Å²) in [5.74, 6) is -0.643. The number of hydrogen-bond acceptors (Lipinski definition) is 2. The Morgan fingerprint density at radius 3 is 2.72 bits per heavy atom. The van der Waals surface area contributed by atoms with Crippen molar-refractivity contribution in [3.8, 4) is 5.69 Å². The lowest BCUT2D eigenvalue weighted by atomic mass is 10.2. The molecule has 18 heavy (non-hydrogen) atoms. The molecule has 0 radical (unpaired) electrons. The Morgan fingerprint density at radius 1 is 1.39 bits per heavy atom. The van der Waals surface area contributed by atoms with Crippen LogP contribution in [0.25, 0.3) is 5.69 Å². The fraction of sp³-hybridized carbons (Fsp3) is 0.231. The van der Waals surface area contributed by atoms with Gasteiger partial charge in [-0.15, -0.1) is 0 Å². The van der Waals surface area contributed by atoms with Gasteiger partial charge in [0.2, 0.25) is 0 Å². The summed E-state index contributed by atoms with van der Waals surface area (Å²) >= 11 is 6.09. The standard InChI is InChI=1S/C13H11ClN2O2/c14-10-3-1-2-4-11(10)16-7-9(13(17)18)12(15-16)8-5-6-8/h1-4,7-8H,5-6H2,(H,17,18). The van der Waals surface area contributed by atoms with E-state index in [1.807, 2.05) is 18.2 Å². The van der Waals surface area contributed by atoms with Crippen LogP contribution >= 0.6 is 11.6 Å². The van der Waals surface area contributed by atoms with Crippen LogP contribution in [0, 0.1) is 0 Å². The molecule has 1 aromatic heterocycles. The van der Waals surface area contributed by atoms with Gasteiger partial charge in [0.25, 0.3) is 0 Å². The van der Waals surface area contributed by atoms with Crippen molar-refractivity contribution in [3.05, 3.63) is 46.7 Å². The second-order valence-corrected chi connectivity index (χ2v) is 4.81. The lowest BCUT2D eigenvalue weighted by molar-refractivity contribution is 0.0695. The van der Waals surface area contributed by atoms with Gasteiger partial charge in [-0.25, -0.2) is 9.48 Å². The zero-order valence-corrected chi connectivity index (χ0v) is 10.3. The normalized spacial score (nSPS) is 14.7. The number of para-hydroxylation sites is 1. The molecule has 5 heteroatoms. The van der Waals surface area contributed by atoms with Gasteiger partial charge in [0.15, 0.2) is 0 Å². The third-order valence-corrected chi connectivity index (χ3v) is 3.36. The van der Waals surface area contributed by atoms with Crippen molar-refractivity contribution in [1.82, 2.24) is 9.78 Å². The molecule has 0 bridgehead atoms. The summed E-state index contributed by atoms with van der Waals surface area (Å²) in [4.78, 5) is 11.2. The van der Waals surface area contributed by atoms with E-state index in [1.54, 1.807) is 10.7 Å². The summed E-state index contributed by atoms with van der Waals surface area (Å²) in [6.45, 7) is 0. The minimum Gasteiger partial charge on any atom is -0.478 e. The van der Waals surface area contributed by atoms with Crippen LogP contribution in [-0.4, -0.2) is 20.9 Å². The fourth-order valence-electron chi connectivity index (χ4n) is 1.97. The predicted molar refractivity (Wildman–Crippen MR) is 67.5 cm³/mol. The van der Waals surface area contributed by atoms with E-state index in [0.717, 1.165) is 12.8 Å². The van der Waals surface area contributed by atoms with Gasteiger partial charge in [0.05, 0.1) is 16.4 Å². The molecule has 1 fully saturated rings. The molecule has 1 aliphatic carbocycles. The molecule has 1 N–H and O–H groups in total. The molecule has 1 saturated carbocycles. The van der Waals surface area contributed by atoms with Crippen LogP contribution < -0.4 is 0 Å². The molecule has 0 saturated heterocycles. The van der Waals surface area contributed by atoms with Gasteiger partial charge in [-0.1, -0.05) is 23.7 Å². The zero-order valence-electron chi connectivity index (χ0n) is 9.51. The fourth-order valence-corrected chi connectivity index (χ4v) is 2.19. The predicted octanol–water partition coefficient (Wildman–Crippen LogP) is 3.10. The molecule has 92 valence electrons. The van der Waals surface area contributed by atoms with E-state index in [0.29, 0.717) is 22.3 Å². The molecule has 3 rings (SSSR count). The van der Waals surface area contributed by atoms with Crippen LogP contribution in [-0.2, 0) is 0 Å². The number of carboxylic acids is 1. The second kappa shape index (κ2) is 4.14. The number of carboxylic acid groups (broad SMARTS) is 1. The lowest BCUT2D eigenvalue weighted by Crippen LogP contribution is -1.98. The first-order valence-corrected chi connectivity index (χ1v) is 6.12. The van der Waals surface area contributed by atoms with E-state index in [9.17, 15) is 9.90 Å². The first-order chi connectivity index (χ1) is 8.66. The van der Waals surface area contributed by atoms with Crippen LogP contribution in [0.4, 0.5) is 0 Å². The quantitative estimate of drug-likeness (QED) is 0.925. The maximum absolute atomic E-state index is 11.2. The monoisotopic (exact) mass is 262 g/mol. The van der Waals surface area contributed by atoms with Gasteiger partial charge in [0.1, 0.15) is 5.56 Å². The molecule has 1 aliphatic rings. The molecule has 1 heterocycles. The number of aromatic carboxylic acids is 1. The van der Waals surface area contributed by atoms with Gasteiger partial charge in [-0.05, 0) is 25.0 Å². The number of carbonyl (C=O) groups is 1. The number of halogens is 1. The molecular weight excluding hydrogens is 252 g/mol. The maximum Gasteiger partial charge on any atom is 0.339 e. The average Bonchev–Trinajstić information content (AvgIpc) is 3.09. The summed E-state index contributed by atoms with van der Waals surface area (Å²) in [6.07, 6.45) is 3.57. The summed E-state index contributed by atoms with van der Waals surface area (Å²) in [6, 6.07) is 7.25. The highest BCUT2D eigenvalue weighted by Gasteiger charge is 2.31. The average molecular weight is 263 g/mol. The van der Waals surface area contributed by atoms with Crippen LogP contribution in [0.2, 0.25) is 5.02 Å². The van der Waals surface area contributed by atoms with Gasteiger partial charge < -0.3 is 5.11 Å². The molecule has 4 nitrogen and oxygen atoms in total. The molecule has 0 unspecified atom stereocenters. The molecule has 2 aromatic rings. The van der Waals surface area contributed by atoms with Crippen molar-refractivity contribution in [2.24, 2.45) is 0 Å². The van der Waals surface area contributed by atoms with Crippen LogP contribution in [0.1, 0.15) is 34.8 Å². The van der Waals surface area contributed by atoms with E-state index in [-0.39, 0.29) is 5.56 Å². The zero-order chi connectivity index (χ0) is 12.7. The first kappa shape index (κ1) is 11.3. The molecule has 1 aromatic carbocycles. The topological polar surface area (TPSA) is 55.1 Å². The number of nitrogens with zero attached hydrogens (tertiary/aromatic N) is 2. The molecule has 0 aliphatic heterocycles. The summed E-state index contributed by atoms with van der Waals surface area (Å²) in [5, 5.41) is 14.1. The van der Waals surface area contributed by atoms with Gasteiger partial charge in [-0.2, -0.15) is 5.10 Å². The van der Waals surface area contributed by atoms with Crippen molar-refractivity contribution in [2.75, 3.05) is 0 Å². The minimum atomic E-state index is -0.935. The van der Waals surface area contributed by atoms with Crippen molar-refractivity contribution >= 4 is 17.6 Å². The third kappa shape index (κ3) is 1.88. The van der Waals surface area contributed by atoms with Gasteiger partial charge in [-0.3, -0.25) is 0 Å². The highest BCUT2D eigenvalue weighted by Crippen LogP contribution is 2.41. The van der Waals surface area contributed by atoms with Crippen molar-refractivity contribution in [3.63, 3.8) is 0 Å². The second-order valence-electron chi connectivity index (χ2n) is 4.40. The highest BCUT2D eigenvalue weighted by molar-refractivity contribution is 6.32. The van der Waals surface area contributed by atoms with Crippen molar-refractivity contribution in [2.45, 2.75) is 18.8 Å². The van der Waals surface area contributed by atoms with Crippen LogP contribution in [0.3, 0.4) is 0 Å². The van der Waals surface area contributed by atoms with Gasteiger partial charge in [0, 0.05) is 12.1 Å². The Bertz CT molecular complexity index is 617. The number of rotatable bonds is 3. The van der Waals surface area contributed by atoms with Crippen LogP contribution in [0.5, 0.6) is 0 Å². The summed E-state index contributed by atoms with van der Waals surface area (Å²) in [5.41, 5.74) is 1.65. The Morgan fingerprint density at radius 2 is 2.11 bits per heavy atom. The smallest absolute Gasteiger partial charge is 0.339 e.